The fourth-order valence-electron chi connectivity index (χ4n) is 6.13. The Bertz CT molecular complexity index is 699. The molecule has 0 bridgehead atoms. The van der Waals surface area contributed by atoms with Crippen molar-refractivity contribution in [2.24, 2.45) is 17.8 Å². The van der Waals surface area contributed by atoms with Gasteiger partial charge in [0.1, 0.15) is 0 Å². The number of hydrogen-bond donors (Lipinski definition) is 0. The molecule has 0 radical (unpaired) electrons. The van der Waals surface area contributed by atoms with Crippen LogP contribution in [0.5, 0.6) is 0 Å². The topological polar surface area (TPSA) is 23.8 Å². The van der Waals surface area contributed by atoms with Crippen LogP contribution in [0.25, 0.3) is 0 Å². The zero-order chi connectivity index (χ0) is 22.4. The predicted molar refractivity (Wildman–Crippen MR) is 138 cm³/mol. The van der Waals surface area contributed by atoms with Gasteiger partial charge in [0.2, 0.25) is 0 Å². The number of hydrogen-bond acceptors (Lipinski definition) is 1. The Morgan fingerprint density at radius 2 is 1.47 bits per heavy atom. The fraction of sp³-hybridized carbons (Fsp3) is 0.710. The predicted octanol–water partition coefficient (Wildman–Crippen LogP) is 9.55. The summed E-state index contributed by atoms with van der Waals surface area (Å²) in [4.78, 5) is 0. The van der Waals surface area contributed by atoms with Crippen LogP contribution in [0.4, 0.5) is 0 Å². The molecule has 1 unspecified atom stereocenters. The van der Waals surface area contributed by atoms with Gasteiger partial charge in [-0.05, 0) is 80.4 Å². The van der Waals surface area contributed by atoms with Crippen LogP contribution in [0.15, 0.2) is 35.9 Å². The van der Waals surface area contributed by atoms with Gasteiger partial charge >= 0.3 is 0 Å². The minimum atomic E-state index is 0.765. The molecule has 0 spiro atoms. The van der Waals surface area contributed by atoms with E-state index in [1.807, 2.05) is 12.1 Å². The molecule has 0 aliphatic heterocycles. The summed E-state index contributed by atoms with van der Waals surface area (Å²) in [6.45, 7) is 2.30. The normalized spacial score (nSPS) is 23.5. The molecule has 3 rings (SSSR count). The quantitative estimate of drug-likeness (QED) is 0.224. The summed E-state index contributed by atoms with van der Waals surface area (Å²) in [5.74, 6) is 2.99. The van der Waals surface area contributed by atoms with Gasteiger partial charge in [0.15, 0.2) is 0 Å². The highest BCUT2D eigenvalue weighted by molar-refractivity contribution is 5.32. The van der Waals surface area contributed by atoms with E-state index >= 15 is 0 Å². The summed E-state index contributed by atoms with van der Waals surface area (Å²) in [6, 6.07) is 10.4. The van der Waals surface area contributed by atoms with Crippen LogP contribution >= 0.6 is 0 Å². The summed E-state index contributed by atoms with van der Waals surface area (Å²) >= 11 is 0. The van der Waals surface area contributed by atoms with Gasteiger partial charge in [-0.2, -0.15) is 5.26 Å². The molecule has 176 valence electrons. The number of allylic oxidation sites excluding steroid dienone is 2. The Hall–Kier alpha value is -1.55. The van der Waals surface area contributed by atoms with E-state index < -0.39 is 0 Å². The van der Waals surface area contributed by atoms with Crippen LogP contribution in [-0.2, 0) is 6.42 Å². The van der Waals surface area contributed by atoms with E-state index in [-0.39, 0.29) is 0 Å². The van der Waals surface area contributed by atoms with Crippen molar-refractivity contribution in [3.8, 4) is 6.07 Å². The second-order valence-electron chi connectivity index (χ2n) is 10.7. The lowest BCUT2D eigenvalue weighted by Crippen LogP contribution is -2.23. The van der Waals surface area contributed by atoms with Gasteiger partial charge in [-0.25, -0.2) is 0 Å². The number of rotatable bonds is 13. The van der Waals surface area contributed by atoms with Gasteiger partial charge in [0, 0.05) is 0 Å². The molecule has 32 heavy (non-hydrogen) atoms. The molecule has 0 amide bonds. The molecule has 1 nitrogen and oxygen atoms in total. The first-order valence-electron chi connectivity index (χ1n) is 14.0. The van der Waals surface area contributed by atoms with Gasteiger partial charge in [0.05, 0.1) is 11.6 Å². The molecule has 2 aliphatic rings. The third kappa shape index (κ3) is 8.77. The molecular formula is C31H47N. The van der Waals surface area contributed by atoms with E-state index in [4.69, 9.17) is 5.26 Å². The molecule has 0 aromatic heterocycles. The zero-order valence-corrected chi connectivity index (χ0v) is 20.8. The Balaban J connectivity index is 1.25. The first kappa shape index (κ1) is 25.1. The molecule has 1 atom stereocenters. The van der Waals surface area contributed by atoms with Gasteiger partial charge in [0.25, 0.3) is 0 Å². The number of benzene rings is 1. The maximum Gasteiger partial charge on any atom is 0.0991 e. The minimum absolute atomic E-state index is 0.765. The van der Waals surface area contributed by atoms with Gasteiger partial charge in [-0.15, -0.1) is 0 Å². The van der Waals surface area contributed by atoms with Crippen LogP contribution < -0.4 is 0 Å². The van der Waals surface area contributed by atoms with E-state index in [0.717, 1.165) is 29.7 Å². The van der Waals surface area contributed by atoms with Crippen LogP contribution in [0, 0.1) is 29.1 Å². The third-order valence-electron chi connectivity index (χ3n) is 8.39. The van der Waals surface area contributed by atoms with Crippen LogP contribution in [0.1, 0.15) is 127 Å². The summed E-state index contributed by atoms with van der Waals surface area (Å²) < 4.78 is 0. The van der Waals surface area contributed by atoms with Crippen LogP contribution in [0.3, 0.4) is 0 Å². The average Bonchev–Trinajstić information content (AvgIpc) is 2.85. The molecule has 0 N–H and O–H groups in total. The zero-order valence-electron chi connectivity index (χ0n) is 20.8. The second kappa shape index (κ2) is 14.6. The van der Waals surface area contributed by atoms with Crippen LogP contribution in [-0.4, -0.2) is 0 Å². The lowest BCUT2D eigenvalue weighted by molar-refractivity contribution is 0.185. The van der Waals surface area contributed by atoms with Crippen molar-refractivity contribution < 1.29 is 0 Å². The van der Waals surface area contributed by atoms with Crippen molar-refractivity contribution in [3.05, 3.63) is 47.0 Å². The molecule has 0 heterocycles. The summed E-state index contributed by atoms with van der Waals surface area (Å²) in [5.41, 5.74) is 3.80. The summed E-state index contributed by atoms with van der Waals surface area (Å²) in [6.07, 6.45) is 28.1. The number of unbranched alkanes of at least 4 members (excludes halogenated alkanes) is 7. The van der Waals surface area contributed by atoms with Gasteiger partial charge < -0.3 is 0 Å². The third-order valence-corrected chi connectivity index (χ3v) is 8.39. The maximum absolute atomic E-state index is 8.94. The number of aryl methyl sites for hydroxylation is 1. The highest BCUT2D eigenvalue weighted by Crippen LogP contribution is 2.41. The van der Waals surface area contributed by atoms with E-state index in [1.54, 1.807) is 5.57 Å². The summed E-state index contributed by atoms with van der Waals surface area (Å²) in [5, 5.41) is 8.94. The summed E-state index contributed by atoms with van der Waals surface area (Å²) in [7, 11) is 0. The van der Waals surface area contributed by atoms with E-state index in [9.17, 15) is 0 Å². The van der Waals surface area contributed by atoms with Crippen molar-refractivity contribution in [1.82, 2.24) is 0 Å². The molecule has 1 heteroatoms. The monoisotopic (exact) mass is 433 g/mol. The number of nitriles is 1. The van der Waals surface area contributed by atoms with Crippen molar-refractivity contribution >= 4 is 0 Å². The molecule has 1 fully saturated rings. The maximum atomic E-state index is 8.94. The molecule has 1 aromatic carbocycles. The highest BCUT2D eigenvalue weighted by Gasteiger charge is 2.28. The Morgan fingerprint density at radius 1 is 0.781 bits per heavy atom. The molecular weight excluding hydrogens is 386 g/mol. The Kier molecular flexibility index (Phi) is 11.4. The smallest absolute Gasteiger partial charge is 0.0991 e. The van der Waals surface area contributed by atoms with Gasteiger partial charge in [-0.1, -0.05) is 101 Å². The van der Waals surface area contributed by atoms with E-state index in [2.05, 4.69) is 31.2 Å². The molecule has 0 saturated heterocycles. The van der Waals surface area contributed by atoms with Gasteiger partial charge in [-0.3, -0.25) is 0 Å². The Labute approximate surface area is 198 Å². The standard InChI is InChI=1S/C31H47N/c1-2-3-4-5-6-7-8-9-10-26-17-21-30(22-18-26)31-23-19-28(20-24-31)12-11-27-13-15-29(25-32)16-14-27/h13-16,19,26,30-31H,2-12,17-18,20-24H2,1H3/t26-,30-,31?. The fourth-order valence-corrected chi connectivity index (χ4v) is 6.13. The largest absolute Gasteiger partial charge is 0.192 e. The average molecular weight is 434 g/mol. The van der Waals surface area contributed by atoms with Crippen molar-refractivity contribution in [1.29, 1.82) is 5.26 Å². The van der Waals surface area contributed by atoms with E-state index in [1.165, 1.54) is 115 Å². The molecule has 1 saturated carbocycles. The lowest BCUT2D eigenvalue weighted by atomic mass is 9.70. The number of nitrogens with zero attached hydrogens (tertiary/aromatic N) is 1. The SMILES string of the molecule is CCCCCCCCCC[C@H]1CC[C@H](C2CC=C(CCc3ccc(C#N)cc3)CC2)CC1. The lowest BCUT2D eigenvalue weighted by Gasteiger charge is -2.35. The molecule has 1 aromatic rings. The Morgan fingerprint density at radius 3 is 2.09 bits per heavy atom. The van der Waals surface area contributed by atoms with Crippen LogP contribution in [0.2, 0.25) is 0 Å². The van der Waals surface area contributed by atoms with Crippen molar-refractivity contribution in [3.63, 3.8) is 0 Å². The highest BCUT2D eigenvalue weighted by atomic mass is 14.3. The first-order valence-corrected chi connectivity index (χ1v) is 14.0. The second-order valence-corrected chi connectivity index (χ2v) is 10.7. The first-order chi connectivity index (χ1) is 15.8. The molecule has 2 aliphatic carbocycles. The van der Waals surface area contributed by atoms with Crippen molar-refractivity contribution in [2.75, 3.05) is 0 Å². The van der Waals surface area contributed by atoms with E-state index in [0.29, 0.717) is 0 Å². The van der Waals surface area contributed by atoms with Crippen molar-refractivity contribution in [2.45, 2.75) is 122 Å². The minimum Gasteiger partial charge on any atom is -0.192 e.